The Bertz CT molecular complexity index is 933. The molecule has 0 aromatic heterocycles. The van der Waals surface area contributed by atoms with Crippen LogP contribution in [0.3, 0.4) is 0 Å². The Morgan fingerprint density at radius 1 is 1.20 bits per heavy atom. The molecule has 2 aliphatic heterocycles. The Hall–Kier alpha value is -2.73. The summed E-state index contributed by atoms with van der Waals surface area (Å²) in [6.45, 7) is 5.49. The fourth-order valence-corrected chi connectivity index (χ4v) is 4.56. The molecule has 5 nitrogen and oxygen atoms in total. The van der Waals surface area contributed by atoms with Crippen molar-refractivity contribution in [2.45, 2.75) is 37.8 Å². The summed E-state index contributed by atoms with van der Waals surface area (Å²) in [4.78, 5) is 30.0. The maximum Gasteiger partial charge on any atom is 0.257 e. The molecule has 0 radical (unpaired) electrons. The van der Waals surface area contributed by atoms with Gasteiger partial charge in [-0.15, -0.1) is 0 Å². The largest absolute Gasteiger partial charge is 0.361 e. The maximum absolute atomic E-state index is 13.5. The standard InChI is InChI=1S/C24H27FN2O3/c1-17(2)27-15-21(19-8-4-3-5-9-19)24(23(27)29)16-26(11-12-30-24)22(28)14-18-7-6-10-20(25)13-18/h3-10,13,17,21H,11-12,14-16H2,1-2H3. The summed E-state index contributed by atoms with van der Waals surface area (Å²) in [6, 6.07) is 16.0. The maximum atomic E-state index is 13.5. The number of hydrogen-bond acceptors (Lipinski definition) is 3. The highest BCUT2D eigenvalue weighted by atomic mass is 19.1. The molecule has 158 valence electrons. The number of morpholine rings is 1. The number of likely N-dealkylation sites (tertiary alicyclic amines) is 1. The third-order valence-electron chi connectivity index (χ3n) is 6.13. The van der Waals surface area contributed by atoms with Crippen molar-refractivity contribution in [1.82, 2.24) is 9.80 Å². The molecule has 2 aromatic carbocycles. The van der Waals surface area contributed by atoms with Crippen LogP contribution in [-0.2, 0) is 20.7 Å². The molecular formula is C24H27FN2O3. The van der Waals surface area contributed by atoms with Gasteiger partial charge in [0.05, 0.1) is 19.6 Å². The minimum Gasteiger partial charge on any atom is -0.361 e. The molecule has 1 spiro atoms. The second-order valence-electron chi connectivity index (χ2n) is 8.37. The Kier molecular flexibility index (Phi) is 5.60. The van der Waals surface area contributed by atoms with Crippen molar-refractivity contribution in [3.05, 3.63) is 71.5 Å². The quantitative estimate of drug-likeness (QED) is 0.779. The normalized spacial score (nSPS) is 24.1. The summed E-state index contributed by atoms with van der Waals surface area (Å²) in [5.74, 6) is -0.694. The fraction of sp³-hybridized carbons (Fsp3) is 0.417. The van der Waals surface area contributed by atoms with Gasteiger partial charge in [0.2, 0.25) is 5.91 Å². The van der Waals surface area contributed by atoms with E-state index in [2.05, 4.69) is 0 Å². The van der Waals surface area contributed by atoms with E-state index in [1.807, 2.05) is 49.1 Å². The lowest BCUT2D eigenvalue weighted by Gasteiger charge is -2.42. The van der Waals surface area contributed by atoms with Gasteiger partial charge in [-0.05, 0) is 37.1 Å². The average molecular weight is 410 g/mol. The first kappa shape index (κ1) is 20.5. The molecule has 2 heterocycles. The summed E-state index contributed by atoms with van der Waals surface area (Å²) in [5.41, 5.74) is 0.580. The average Bonchev–Trinajstić information content (AvgIpc) is 3.01. The molecule has 0 N–H and O–H groups in total. The molecule has 2 amide bonds. The van der Waals surface area contributed by atoms with Gasteiger partial charge in [0, 0.05) is 25.0 Å². The van der Waals surface area contributed by atoms with Gasteiger partial charge >= 0.3 is 0 Å². The van der Waals surface area contributed by atoms with Crippen LogP contribution in [0.4, 0.5) is 4.39 Å². The molecule has 2 aliphatic rings. The van der Waals surface area contributed by atoms with E-state index in [0.29, 0.717) is 25.3 Å². The smallest absolute Gasteiger partial charge is 0.257 e. The van der Waals surface area contributed by atoms with E-state index in [1.54, 1.807) is 17.0 Å². The van der Waals surface area contributed by atoms with Crippen LogP contribution < -0.4 is 0 Å². The van der Waals surface area contributed by atoms with Crippen LogP contribution in [0.25, 0.3) is 0 Å². The topological polar surface area (TPSA) is 49.9 Å². The summed E-state index contributed by atoms with van der Waals surface area (Å²) >= 11 is 0. The van der Waals surface area contributed by atoms with Crippen LogP contribution in [-0.4, -0.2) is 59.5 Å². The van der Waals surface area contributed by atoms with Crippen molar-refractivity contribution < 1.29 is 18.7 Å². The van der Waals surface area contributed by atoms with Gasteiger partial charge in [-0.2, -0.15) is 0 Å². The number of nitrogens with zero attached hydrogens (tertiary/aromatic N) is 2. The number of rotatable bonds is 4. The molecule has 2 unspecified atom stereocenters. The van der Waals surface area contributed by atoms with E-state index >= 15 is 0 Å². The minimum atomic E-state index is -1.08. The summed E-state index contributed by atoms with van der Waals surface area (Å²) in [5, 5.41) is 0. The molecule has 4 rings (SSSR count). The Labute approximate surface area is 176 Å². The van der Waals surface area contributed by atoms with E-state index in [-0.39, 0.29) is 42.6 Å². The number of benzene rings is 2. The third kappa shape index (κ3) is 3.72. The van der Waals surface area contributed by atoms with Crippen LogP contribution in [0.5, 0.6) is 0 Å². The van der Waals surface area contributed by atoms with Crippen LogP contribution in [0.1, 0.15) is 30.9 Å². The highest BCUT2D eigenvalue weighted by molar-refractivity contribution is 5.91. The molecule has 6 heteroatoms. The number of carbonyl (C=O) groups is 2. The number of ether oxygens (including phenoxy) is 1. The monoisotopic (exact) mass is 410 g/mol. The van der Waals surface area contributed by atoms with Gasteiger partial charge in [-0.25, -0.2) is 4.39 Å². The van der Waals surface area contributed by atoms with E-state index < -0.39 is 5.60 Å². The van der Waals surface area contributed by atoms with Crippen molar-refractivity contribution in [2.24, 2.45) is 0 Å². The van der Waals surface area contributed by atoms with Crippen LogP contribution in [0, 0.1) is 5.82 Å². The molecule has 30 heavy (non-hydrogen) atoms. The number of amides is 2. The van der Waals surface area contributed by atoms with Gasteiger partial charge in [-0.3, -0.25) is 9.59 Å². The Balaban J connectivity index is 1.61. The van der Waals surface area contributed by atoms with Crippen molar-refractivity contribution in [3.8, 4) is 0 Å². The lowest BCUT2D eigenvalue weighted by Crippen LogP contribution is -2.60. The first-order chi connectivity index (χ1) is 14.4. The third-order valence-corrected chi connectivity index (χ3v) is 6.13. The number of halogens is 1. The van der Waals surface area contributed by atoms with E-state index in [0.717, 1.165) is 5.56 Å². The summed E-state index contributed by atoms with van der Waals surface area (Å²) < 4.78 is 19.7. The zero-order valence-electron chi connectivity index (χ0n) is 17.4. The fourth-order valence-electron chi connectivity index (χ4n) is 4.56. The predicted molar refractivity (Wildman–Crippen MR) is 111 cm³/mol. The lowest BCUT2D eigenvalue weighted by molar-refractivity contribution is -0.168. The van der Waals surface area contributed by atoms with Crippen LogP contribution in [0.15, 0.2) is 54.6 Å². The molecule has 2 atom stereocenters. The summed E-state index contributed by atoms with van der Waals surface area (Å²) in [6.07, 6.45) is 0.103. The van der Waals surface area contributed by atoms with Gasteiger partial charge in [0.15, 0.2) is 5.60 Å². The highest BCUT2D eigenvalue weighted by Gasteiger charge is 2.58. The van der Waals surface area contributed by atoms with Crippen molar-refractivity contribution in [3.63, 3.8) is 0 Å². The second kappa shape index (κ2) is 8.19. The van der Waals surface area contributed by atoms with Crippen molar-refractivity contribution in [2.75, 3.05) is 26.2 Å². The number of hydrogen-bond donors (Lipinski definition) is 0. The van der Waals surface area contributed by atoms with Gasteiger partial charge < -0.3 is 14.5 Å². The second-order valence-corrected chi connectivity index (χ2v) is 8.37. The van der Waals surface area contributed by atoms with Crippen LogP contribution in [0.2, 0.25) is 0 Å². The minimum absolute atomic E-state index is 0.0464. The molecule has 2 aromatic rings. The lowest BCUT2D eigenvalue weighted by atomic mass is 9.83. The molecule has 0 saturated carbocycles. The van der Waals surface area contributed by atoms with Gasteiger partial charge in [0.25, 0.3) is 5.91 Å². The molecule has 0 bridgehead atoms. The Morgan fingerprint density at radius 2 is 1.97 bits per heavy atom. The van der Waals surface area contributed by atoms with E-state index in [4.69, 9.17) is 4.74 Å². The zero-order valence-corrected chi connectivity index (χ0v) is 17.4. The Morgan fingerprint density at radius 3 is 2.67 bits per heavy atom. The molecule has 0 aliphatic carbocycles. The van der Waals surface area contributed by atoms with Gasteiger partial charge in [-0.1, -0.05) is 42.5 Å². The van der Waals surface area contributed by atoms with Crippen molar-refractivity contribution >= 4 is 11.8 Å². The predicted octanol–water partition coefficient (Wildman–Crippen LogP) is 3.00. The van der Waals surface area contributed by atoms with E-state index in [1.165, 1.54) is 12.1 Å². The van der Waals surface area contributed by atoms with Gasteiger partial charge in [0.1, 0.15) is 5.82 Å². The molecule has 2 fully saturated rings. The highest BCUT2D eigenvalue weighted by Crippen LogP contribution is 2.42. The van der Waals surface area contributed by atoms with E-state index in [9.17, 15) is 14.0 Å². The summed E-state index contributed by atoms with van der Waals surface area (Å²) in [7, 11) is 0. The SMILES string of the molecule is CC(C)N1CC(c2ccccc2)C2(CN(C(=O)Cc3cccc(F)c3)CCO2)C1=O. The molecule has 2 saturated heterocycles. The van der Waals surface area contributed by atoms with Crippen molar-refractivity contribution in [1.29, 1.82) is 0 Å². The molecular weight excluding hydrogens is 383 g/mol. The zero-order chi connectivity index (χ0) is 21.3. The number of carbonyl (C=O) groups excluding carboxylic acids is 2. The first-order valence-electron chi connectivity index (χ1n) is 10.4. The first-order valence-corrected chi connectivity index (χ1v) is 10.4. The van der Waals surface area contributed by atoms with Crippen LogP contribution >= 0.6 is 0 Å².